The van der Waals surface area contributed by atoms with E-state index in [0.29, 0.717) is 6.54 Å². The number of nitriles is 1. The van der Waals surface area contributed by atoms with E-state index < -0.39 is 0 Å². The summed E-state index contributed by atoms with van der Waals surface area (Å²) in [5.74, 6) is 1.82. The zero-order valence-electron chi connectivity index (χ0n) is 17.7. The lowest BCUT2D eigenvalue weighted by Gasteiger charge is -2.35. The Labute approximate surface area is 195 Å². The number of anilines is 1. The van der Waals surface area contributed by atoms with Gasteiger partial charge >= 0.3 is 0 Å². The number of guanidine groups is 1. The molecule has 2 N–H and O–H groups in total. The van der Waals surface area contributed by atoms with Crippen molar-refractivity contribution in [2.24, 2.45) is 4.99 Å². The molecule has 0 saturated carbocycles. The lowest BCUT2D eigenvalue weighted by atomic mass is 10.0. The average Bonchev–Trinajstić information content (AvgIpc) is 3.21. The number of hydrogen-bond acceptors (Lipinski definition) is 5. The summed E-state index contributed by atoms with van der Waals surface area (Å²) in [5.41, 5.74) is 1.75. The van der Waals surface area contributed by atoms with Crippen molar-refractivity contribution in [2.75, 3.05) is 31.1 Å². The second-order valence-corrected chi connectivity index (χ2v) is 7.11. The standard InChI is InChI=1S/C21H30N8.HI/c1-3-20-27-25-16-29(20)13-11-24-21(23-4-2)26-18-9-7-12-28(15-18)19-10-6-5-8-17(19)14-22;/h5-6,8,10,16,18H,3-4,7,9,11-13,15H2,1-2H3,(H2,23,24,26);1H. The fourth-order valence-corrected chi connectivity index (χ4v) is 3.68. The number of aliphatic imine (C=N–C) groups is 1. The highest BCUT2D eigenvalue weighted by atomic mass is 127. The smallest absolute Gasteiger partial charge is 0.191 e. The van der Waals surface area contributed by atoms with Crippen LogP contribution in [0.15, 0.2) is 35.6 Å². The maximum absolute atomic E-state index is 9.41. The molecule has 0 bridgehead atoms. The largest absolute Gasteiger partial charge is 0.368 e. The van der Waals surface area contributed by atoms with E-state index in [1.807, 2.05) is 28.8 Å². The lowest BCUT2D eigenvalue weighted by molar-refractivity contribution is 0.467. The van der Waals surface area contributed by atoms with Gasteiger partial charge in [-0.05, 0) is 31.9 Å². The van der Waals surface area contributed by atoms with E-state index in [1.54, 1.807) is 6.33 Å². The van der Waals surface area contributed by atoms with Gasteiger partial charge < -0.3 is 20.1 Å². The Morgan fingerprint density at radius 3 is 2.93 bits per heavy atom. The topological polar surface area (TPSA) is 94.2 Å². The quantitative estimate of drug-likeness (QED) is 0.330. The molecule has 0 spiro atoms. The van der Waals surface area contributed by atoms with Crippen LogP contribution in [0.2, 0.25) is 0 Å². The highest BCUT2D eigenvalue weighted by molar-refractivity contribution is 14.0. The minimum atomic E-state index is 0. The summed E-state index contributed by atoms with van der Waals surface area (Å²) in [5, 5.41) is 24.4. The summed E-state index contributed by atoms with van der Waals surface area (Å²) in [6.45, 7) is 8.21. The van der Waals surface area contributed by atoms with Crippen molar-refractivity contribution >= 4 is 35.6 Å². The minimum Gasteiger partial charge on any atom is -0.368 e. The summed E-state index contributed by atoms with van der Waals surface area (Å²) in [7, 11) is 0. The number of para-hydroxylation sites is 1. The fourth-order valence-electron chi connectivity index (χ4n) is 3.68. The first-order valence-electron chi connectivity index (χ1n) is 10.4. The van der Waals surface area contributed by atoms with E-state index in [0.717, 1.165) is 68.5 Å². The van der Waals surface area contributed by atoms with Gasteiger partial charge in [0.1, 0.15) is 18.2 Å². The van der Waals surface area contributed by atoms with Crippen LogP contribution in [0.3, 0.4) is 0 Å². The van der Waals surface area contributed by atoms with Crippen LogP contribution >= 0.6 is 24.0 Å². The molecule has 1 atom stereocenters. The van der Waals surface area contributed by atoms with Gasteiger partial charge in [-0.15, -0.1) is 34.2 Å². The van der Waals surface area contributed by atoms with Crippen LogP contribution in [-0.2, 0) is 13.0 Å². The number of benzene rings is 1. The van der Waals surface area contributed by atoms with Gasteiger partial charge in [0.25, 0.3) is 0 Å². The molecule has 2 heterocycles. The molecule has 162 valence electrons. The second kappa shape index (κ2) is 12.4. The number of rotatable bonds is 7. The second-order valence-electron chi connectivity index (χ2n) is 7.11. The van der Waals surface area contributed by atoms with Crippen molar-refractivity contribution in [1.29, 1.82) is 5.26 Å². The first-order valence-corrected chi connectivity index (χ1v) is 10.4. The Kier molecular flexibility index (Phi) is 9.86. The Morgan fingerprint density at radius 1 is 1.33 bits per heavy atom. The predicted octanol–water partition coefficient (Wildman–Crippen LogP) is 2.55. The molecule has 1 unspecified atom stereocenters. The number of hydrogen-bond donors (Lipinski definition) is 2. The molecule has 1 aliphatic rings. The summed E-state index contributed by atoms with van der Waals surface area (Å²) in [6, 6.07) is 10.4. The number of nitrogens with one attached hydrogen (secondary N) is 2. The van der Waals surface area contributed by atoms with Gasteiger partial charge in [0.15, 0.2) is 5.96 Å². The van der Waals surface area contributed by atoms with Crippen LogP contribution < -0.4 is 15.5 Å². The van der Waals surface area contributed by atoms with E-state index in [1.165, 1.54) is 0 Å². The predicted molar refractivity (Wildman–Crippen MR) is 130 cm³/mol. The van der Waals surface area contributed by atoms with Crippen molar-refractivity contribution in [3.05, 3.63) is 42.0 Å². The van der Waals surface area contributed by atoms with Gasteiger partial charge in [-0.25, -0.2) is 0 Å². The zero-order chi connectivity index (χ0) is 20.5. The molecule has 0 radical (unpaired) electrons. The third-order valence-corrected chi connectivity index (χ3v) is 5.09. The molecule has 1 aliphatic heterocycles. The molecule has 1 saturated heterocycles. The van der Waals surface area contributed by atoms with Crippen molar-refractivity contribution in [3.8, 4) is 6.07 Å². The molecule has 30 heavy (non-hydrogen) atoms. The van der Waals surface area contributed by atoms with Crippen molar-refractivity contribution in [3.63, 3.8) is 0 Å². The van der Waals surface area contributed by atoms with Crippen LogP contribution in [0.5, 0.6) is 0 Å². The molecule has 1 aromatic carbocycles. The number of nitrogens with zero attached hydrogens (tertiary/aromatic N) is 6. The maximum Gasteiger partial charge on any atom is 0.191 e. The maximum atomic E-state index is 9.41. The lowest BCUT2D eigenvalue weighted by Crippen LogP contribution is -2.51. The van der Waals surface area contributed by atoms with Gasteiger partial charge in [0, 0.05) is 38.6 Å². The van der Waals surface area contributed by atoms with Crippen LogP contribution in [-0.4, -0.2) is 52.9 Å². The SMILES string of the molecule is CCNC(=NCCn1cnnc1CC)NC1CCCN(c2ccccc2C#N)C1.I. The van der Waals surface area contributed by atoms with Gasteiger partial charge in [-0.2, -0.15) is 5.26 Å². The van der Waals surface area contributed by atoms with Gasteiger partial charge in [-0.1, -0.05) is 19.1 Å². The Morgan fingerprint density at radius 2 is 2.17 bits per heavy atom. The molecule has 1 aromatic heterocycles. The van der Waals surface area contributed by atoms with Crippen molar-refractivity contribution in [2.45, 2.75) is 45.7 Å². The summed E-state index contributed by atoms with van der Waals surface area (Å²) >= 11 is 0. The third-order valence-electron chi connectivity index (χ3n) is 5.09. The first kappa shape index (κ1) is 23.9. The molecular weight excluding hydrogens is 491 g/mol. The molecule has 1 fully saturated rings. The molecule has 8 nitrogen and oxygen atoms in total. The zero-order valence-corrected chi connectivity index (χ0v) is 20.0. The van der Waals surface area contributed by atoms with E-state index in [9.17, 15) is 5.26 Å². The first-order chi connectivity index (χ1) is 14.2. The molecule has 0 amide bonds. The van der Waals surface area contributed by atoms with Crippen LogP contribution in [0.1, 0.15) is 38.1 Å². The Hall–Kier alpha value is -2.35. The summed E-state index contributed by atoms with van der Waals surface area (Å²) in [6.07, 6.45) is 4.79. The number of aryl methyl sites for hydroxylation is 1. The van der Waals surface area contributed by atoms with Crippen LogP contribution in [0.25, 0.3) is 0 Å². The highest BCUT2D eigenvalue weighted by Crippen LogP contribution is 2.23. The molecular formula is C21H31IN8. The van der Waals surface area contributed by atoms with Gasteiger partial charge in [0.2, 0.25) is 0 Å². The van der Waals surface area contributed by atoms with Crippen molar-refractivity contribution in [1.82, 2.24) is 25.4 Å². The number of piperidine rings is 1. The number of aromatic nitrogens is 3. The normalized spacial score (nSPS) is 16.5. The molecule has 0 aliphatic carbocycles. The Balaban J connectivity index is 0.00000320. The van der Waals surface area contributed by atoms with E-state index in [2.05, 4.69) is 45.6 Å². The summed E-state index contributed by atoms with van der Waals surface area (Å²) < 4.78 is 2.05. The minimum absolute atomic E-state index is 0. The van der Waals surface area contributed by atoms with Gasteiger partial charge in [-0.3, -0.25) is 4.99 Å². The fraction of sp³-hybridized carbons (Fsp3) is 0.524. The Bertz CT molecular complexity index is 857. The highest BCUT2D eigenvalue weighted by Gasteiger charge is 2.22. The van der Waals surface area contributed by atoms with E-state index in [4.69, 9.17) is 4.99 Å². The van der Waals surface area contributed by atoms with Gasteiger partial charge in [0.05, 0.1) is 17.8 Å². The number of halogens is 1. The molecule has 2 aromatic rings. The molecule has 9 heteroatoms. The van der Waals surface area contributed by atoms with Crippen molar-refractivity contribution < 1.29 is 0 Å². The van der Waals surface area contributed by atoms with Crippen LogP contribution in [0.4, 0.5) is 5.69 Å². The van der Waals surface area contributed by atoms with E-state index in [-0.39, 0.29) is 30.0 Å². The molecule has 3 rings (SSSR count). The average molecular weight is 522 g/mol. The van der Waals surface area contributed by atoms with Crippen LogP contribution in [0, 0.1) is 11.3 Å². The van der Waals surface area contributed by atoms with E-state index >= 15 is 0 Å². The summed E-state index contributed by atoms with van der Waals surface area (Å²) in [4.78, 5) is 7.04. The monoisotopic (exact) mass is 522 g/mol. The third kappa shape index (κ3) is 6.32.